The largest absolute Gasteiger partial charge is 0.483 e. The highest BCUT2D eigenvalue weighted by molar-refractivity contribution is 5.85. The summed E-state index contributed by atoms with van der Waals surface area (Å²) in [5, 5.41) is 19.5. The van der Waals surface area contributed by atoms with Crippen LogP contribution in [0.1, 0.15) is 43.7 Å². The molecule has 1 aliphatic carbocycles. The Morgan fingerprint density at radius 2 is 1.75 bits per heavy atom. The molecule has 1 unspecified atom stereocenters. The van der Waals surface area contributed by atoms with Crippen molar-refractivity contribution in [2.45, 2.75) is 43.7 Å². The number of nitrogens with two attached hydrogens (primary N) is 1. The van der Waals surface area contributed by atoms with Gasteiger partial charge in [-0.1, -0.05) is 43.2 Å². The number of halogens is 2. The van der Waals surface area contributed by atoms with Gasteiger partial charge in [-0.05, 0) is 31.4 Å². The van der Waals surface area contributed by atoms with Gasteiger partial charge in [0.1, 0.15) is 5.54 Å². The molecule has 2 rings (SSSR count). The third-order valence-electron chi connectivity index (χ3n) is 4.01. The van der Waals surface area contributed by atoms with Gasteiger partial charge in [-0.2, -0.15) is 0 Å². The molecule has 1 saturated carbocycles. The van der Waals surface area contributed by atoms with Crippen LogP contribution in [0.2, 0.25) is 0 Å². The lowest BCUT2D eigenvalue weighted by atomic mass is 9.97. The SMILES string of the molecule is Cl.Cl.NC(CCNC1(C(=O)O)CCCC1)c1ccccc1.O=CO. The zero-order valence-corrected chi connectivity index (χ0v) is 15.0. The van der Waals surface area contributed by atoms with Gasteiger partial charge in [0.25, 0.3) is 6.47 Å². The lowest BCUT2D eigenvalue weighted by Crippen LogP contribution is -2.50. The maximum absolute atomic E-state index is 11.4. The molecule has 0 bridgehead atoms. The number of aliphatic carboxylic acids is 1. The normalized spacial score (nSPS) is 15.7. The summed E-state index contributed by atoms with van der Waals surface area (Å²) < 4.78 is 0. The average Bonchev–Trinajstić information content (AvgIpc) is 2.99. The fourth-order valence-electron chi connectivity index (χ4n) is 2.78. The van der Waals surface area contributed by atoms with Gasteiger partial charge in [0.2, 0.25) is 0 Å². The Bertz CT molecular complexity index is 468. The fourth-order valence-corrected chi connectivity index (χ4v) is 2.78. The van der Waals surface area contributed by atoms with Gasteiger partial charge in [0, 0.05) is 6.04 Å². The predicted octanol–water partition coefficient (Wildman–Crippen LogP) is 2.61. The summed E-state index contributed by atoms with van der Waals surface area (Å²) in [7, 11) is 0. The van der Waals surface area contributed by atoms with Crippen molar-refractivity contribution in [3.05, 3.63) is 35.9 Å². The third kappa shape index (κ3) is 7.49. The van der Waals surface area contributed by atoms with Crippen LogP contribution in [0.25, 0.3) is 0 Å². The molecule has 138 valence electrons. The summed E-state index contributed by atoms with van der Waals surface area (Å²) in [5.41, 5.74) is 6.50. The van der Waals surface area contributed by atoms with Gasteiger partial charge in [-0.15, -0.1) is 24.8 Å². The molecule has 1 fully saturated rings. The van der Waals surface area contributed by atoms with Crippen LogP contribution in [-0.4, -0.2) is 34.7 Å². The molecule has 0 aromatic heterocycles. The summed E-state index contributed by atoms with van der Waals surface area (Å²) in [4.78, 5) is 19.7. The lowest BCUT2D eigenvalue weighted by molar-refractivity contribution is -0.144. The first-order chi connectivity index (χ1) is 10.6. The van der Waals surface area contributed by atoms with Crippen LogP contribution >= 0.6 is 24.8 Å². The number of carbonyl (C=O) groups is 2. The van der Waals surface area contributed by atoms with E-state index in [0.717, 1.165) is 37.7 Å². The molecule has 0 amide bonds. The number of hydrogen-bond acceptors (Lipinski definition) is 4. The molecule has 1 aliphatic rings. The van der Waals surface area contributed by atoms with Gasteiger partial charge in [-0.25, -0.2) is 0 Å². The summed E-state index contributed by atoms with van der Waals surface area (Å²) >= 11 is 0. The number of carboxylic acids is 1. The molecule has 0 aliphatic heterocycles. The molecule has 5 N–H and O–H groups in total. The van der Waals surface area contributed by atoms with Gasteiger partial charge >= 0.3 is 5.97 Å². The molecule has 6 nitrogen and oxygen atoms in total. The van der Waals surface area contributed by atoms with Crippen molar-refractivity contribution in [3.8, 4) is 0 Å². The van der Waals surface area contributed by atoms with Crippen molar-refractivity contribution in [3.63, 3.8) is 0 Å². The van der Waals surface area contributed by atoms with Crippen LogP contribution in [0.3, 0.4) is 0 Å². The van der Waals surface area contributed by atoms with Crippen LogP contribution in [-0.2, 0) is 9.59 Å². The molecule has 1 aromatic rings. The van der Waals surface area contributed by atoms with Crippen LogP contribution in [0.15, 0.2) is 30.3 Å². The first kappa shape index (κ1) is 24.9. The second kappa shape index (κ2) is 13.0. The summed E-state index contributed by atoms with van der Waals surface area (Å²) in [6.07, 6.45) is 4.18. The maximum Gasteiger partial charge on any atom is 0.323 e. The van der Waals surface area contributed by atoms with Crippen molar-refractivity contribution in [2.75, 3.05) is 6.54 Å². The standard InChI is InChI=1S/C15H22N2O2.CH2O2.2ClH/c16-13(12-6-2-1-3-7-12)8-11-17-15(14(18)19)9-4-5-10-15;2-1-3;;/h1-3,6-7,13,17H,4-5,8-11,16H2,(H,18,19);1H,(H,2,3);2*1H. The quantitative estimate of drug-likeness (QED) is 0.564. The minimum atomic E-state index is -0.724. The van der Waals surface area contributed by atoms with E-state index in [1.165, 1.54) is 0 Å². The number of rotatable bonds is 6. The van der Waals surface area contributed by atoms with E-state index < -0.39 is 11.5 Å². The Kier molecular flexibility index (Phi) is 13.5. The Balaban J connectivity index is 0. The Morgan fingerprint density at radius 3 is 2.21 bits per heavy atom. The zero-order chi connectivity index (χ0) is 16.4. The van der Waals surface area contributed by atoms with Gasteiger partial charge < -0.3 is 21.3 Å². The van der Waals surface area contributed by atoms with Crippen molar-refractivity contribution < 1.29 is 19.8 Å². The van der Waals surface area contributed by atoms with E-state index >= 15 is 0 Å². The zero-order valence-electron chi connectivity index (χ0n) is 13.4. The van der Waals surface area contributed by atoms with Gasteiger partial charge in [-0.3, -0.25) is 9.59 Å². The van der Waals surface area contributed by atoms with E-state index in [1.54, 1.807) is 0 Å². The van der Waals surface area contributed by atoms with Gasteiger partial charge in [0.05, 0.1) is 0 Å². The predicted molar refractivity (Wildman–Crippen MR) is 98.0 cm³/mol. The second-order valence-electron chi connectivity index (χ2n) is 5.43. The lowest BCUT2D eigenvalue weighted by Gasteiger charge is -2.26. The molecular weight excluding hydrogens is 355 g/mol. The van der Waals surface area contributed by atoms with E-state index in [-0.39, 0.29) is 37.3 Å². The average molecular weight is 381 g/mol. The minimum absolute atomic E-state index is 0. The van der Waals surface area contributed by atoms with E-state index in [9.17, 15) is 9.90 Å². The Morgan fingerprint density at radius 1 is 1.25 bits per heavy atom. The number of carboxylic acid groups (broad SMARTS) is 2. The third-order valence-corrected chi connectivity index (χ3v) is 4.01. The minimum Gasteiger partial charge on any atom is -0.483 e. The number of hydrogen-bond donors (Lipinski definition) is 4. The molecule has 1 aromatic carbocycles. The molecule has 0 heterocycles. The summed E-state index contributed by atoms with van der Waals surface area (Å²) in [6.45, 7) is 0.391. The monoisotopic (exact) mass is 380 g/mol. The van der Waals surface area contributed by atoms with E-state index in [4.69, 9.17) is 15.6 Å². The first-order valence-corrected chi connectivity index (χ1v) is 7.42. The summed E-state index contributed by atoms with van der Waals surface area (Å²) in [5.74, 6) is -0.724. The highest BCUT2D eigenvalue weighted by Gasteiger charge is 2.40. The highest BCUT2D eigenvalue weighted by Crippen LogP contribution is 2.30. The molecule has 8 heteroatoms. The smallest absolute Gasteiger partial charge is 0.323 e. The van der Waals surface area contributed by atoms with Crippen LogP contribution in [0, 0.1) is 0 Å². The van der Waals surface area contributed by atoms with E-state index in [2.05, 4.69) is 5.32 Å². The Hall–Kier alpha value is -1.34. The van der Waals surface area contributed by atoms with Crippen LogP contribution in [0.5, 0.6) is 0 Å². The molecule has 24 heavy (non-hydrogen) atoms. The number of benzene rings is 1. The van der Waals surface area contributed by atoms with Crippen molar-refractivity contribution in [1.29, 1.82) is 0 Å². The van der Waals surface area contributed by atoms with Crippen molar-refractivity contribution >= 4 is 37.3 Å². The highest BCUT2D eigenvalue weighted by atomic mass is 35.5. The number of nitrogens with one attached hydrogen (secondary N) is 1. The Labute approximate surface area is 154 Å². The molecule has 0 spiro atoms. The maximum atomic E-state index is 11.4. The molecule has 1 atom stereocenters. The second-order valence-corrected chi connectivity index (χ2v) is 5.43. The molecule has 0 radical (unpaired) electrons. The van der Waals surface area contributed by atoms with Crippen LogP contribution in [0.4, 0.5) is 0 Å². The van der Waals surface area contributed by atoms with E-state index in [0.29, 0.717) is 6.54 Å². The van der Waals surface area contributed by atoms with Crippen molar-refractivity contribution in [1.82, 2.24) is 5.32 Å². The topological polar surface area (TPSA) is 113 Å². The van der Waals surface area contributed by atoms with E-state index in [1.807, 2.05) is 30.3 Å². The van der Waals surface area contributed by atoms with Crippen molar-refractivity contribution in [2.24, 2.45) is 5.73 Å². The molecular formula is C16H26Cl2N2O4. The van der Waals surface area contributed by atoms with Gasteiger partial charge in [0.15, 0.2) is 0 Å². The first-order valence-electron chi connectivity index (χ1n) is 7.42. The molecule has 0 saturated heterocycles. The summed E-state index contributed by atoms with van der Waals surface area (Å²) in [6, 6.07) is 9.88. The fraction of sp³-hybridized carbons (Fsp3) is 0.500. The van der Waals surface area contributed by atoms with Crippen LogP contribution < -0.4 is 11.1 Å².